The minimum atomic E-state index is -1.34. The van der Waals surface area contributed by atoms with E-state index in [9.17, 15) is 4.79 Å². The van der Waals surface area contributed by atoms with Crippen LogP contribution >= 0.6 is 0 Å². The normalized spacial score (nSPS) is 34.9. The Labute approximate surface area is 92.7 Å². The van der Waals surface area contributed by atoms with Gasteiger partial charge in [0.15, 0.2) is 0 Å². The van der Waals surface area contributed by atoms with E-state index < -0.39 is 8.07 Å². The third kappa shape index (κ3) is 2.17. The number of fused-ring (bicyclic) bond motifs is 2. The maximum absolute atomic E-state index is 12.0. The van der Waals surface area contributed by atoms with E-state index >= 15 is 0 Å². The third-order valence-corrected chi connectivity index (χ3v) is 5.88. The molecule has 0 radical (unpaired) electrons. The molecule has 0 N–H and O–H groups in total. The van der Waals surface area contributed by atoms with E-state index in [-0.39, 0.29) is 11.4 Å². The molecule has 2 rings (SSSR count). The Bertz CT molecular complexity index is 320. The first-order valence-electron chi connectivity index (χ1n) is 5.77. The highest BCUT2D eigenvalue weighted by Gasteiger charge is 2.41. The molecule has 1 fully saturated rings. The van der Waals surface area contributed by atoms with Gasteiger partial charge in [0.2, 0.25) is 0 Å². The monoisotopic (exact) mass is 224 g/mol. The van der Waals surface area contributed by atoms with Gasteiger partial charge in [0.25, 0.3) is 0 Å². The van der Waals surface area contributed by atoms with E-state index in [0.717, 1.165) is 19.3 Å². The summed E-state index contributed by atoms with van der Waals surface area (Å²) in [6.45, 7) is 6.67. The van der Waals surface area contributed by atoms with Crippen LogP contribution in [-0.2, 0) is 9.53 Å². The summed E-state index contributed by atoms with van der Waals surface area (Å²) in [7, 11) is -1.34. The van der Waals surface area contributed by atoms with E-state index in [4.69, 9.17) is 4.74 Å². The lowest BCUT2D eigenvalue weighted by molar-refractivity contribution is -0.154. The fraction of sp³-hybridized carbons (Fsp3) is 0.750. The minimum absolute atomic E-state index is 0.0355. The summed E-state index contributed by atoms with van der Waals surface area (Å²) in [6.07, 6.45) is 5.98. The molecule has 1 atom stereocenters. The Balaban J connectivity index is 2.28. The molecule has 2 nitrogen and oxygen atoms in total. The van der Waals surface area contributed by atoms with Crippen molar-refractivity contribution in [3.63, 3.8) is 0 Å². The average molecular weight is 224 g/mol. The van der Waals surface area contributed by atoms with Gasteiger partial charge in [-0.25, -0.2) is 0 Å². The minimum Gasteiger partial charge on any atom is -0.469 e. The van der Waals surface area contributed by atoms with Crippen LogP contribution < -0.4 is 0 Å². The summed E-state index contributed by atoms with van der Waals surface area (Å²) in [5.41, 5.74) is 1.28. The van der Waals surface area contributed by atoms with Crippen LogP contribution in [-0.4, -0.2) is 20.3 Å². The molecule has 1 aliphatic carbocycles. The second-order valence-electron chi connectivity index (χ2n) is 6.06. The van der Waals surface area contributed by atoms with Crippen LogP contribution in [0, 0.1) is 5.41 Å². The van der Waals surface area contributed by atoms with Crippen molar-refractivity contribution in [1.29, 1.82) is 0 Å². The second kappa shape index (κ2) is 3.48. The van der Waals surface area contributed by atoms with Crippen LogP contribution in [0.4, 0.5) is 0 Å². The van der Waals surface area contributed by atoms with Crippen molar-refractivity contribution in [2.45, 2.75) is 45.3 Å². The Morgan fingerprint density at radius 2 is 2.20 bits per heavy atom. The number of hydrogen-bond donors (Lipinski definition) is 0. The summed E-state index contributed by atoms with van der Waals surface area (Å²) >= 11 is 0. The predicted octanol–water partition coefficient (Wildman–Crippen LogP) is 2.91. The molecule has 0 aromatic carbocycles. The van der Waals surface area contributed by atoms with Crippen LogP contribution in [0.2, 0.25) is 19.1 Å². The zero-order valence-corrected chi connectivity index (χ0v) is 10.9. The molecule has 3 heteroatoms. The number of rotatable bonds is 0. The maximum Gasteiger partial charge on any atom is 0.311 e. The molecule has 15 heavy (non-hydrogen) atoms. The van der Waals surface area contributed by atoms with Crippen LogP contribution in [0.15, 0.2) is 11.6 Å². The van der Waals surface area contributed by atoms with E-state index in [0.29, 0.717) is 6.23 Å². The third-order valence-electron chi connectivity index (χ3n) is 3.54. The first-order chi connectivity index (χ1) is 6.91. The highest BCUT2D eigenvalue weighted by molar-refractivity contribution is 6.78. The van der Waals surface area contributed by atoms with Crippen LogP contribution in [0.1, 0.15) is 26.2 Å². The maximum atomic E-state index is 12.0. The van der Waals surface area contributed by atoms with Gasteiger partial charge in [0.1, 0.15) is 0 Å². The largest absolute Gasteiger partial charge is 0.469 e. The molecule has 0 aromatic heterocycles. The molecular formula is C12H20O2Si. The van der Waals surface area contributed by atoms with Crippen LogP contribution in [0.3, 0.4) is 0 Å². The van der Waals surface area contributed by atoms with E-state index in [1.807, 2.05) is 0 Å². The molecule has 0 saturated carbocycles. The lowest BCUT2D eigenvalue weighted by atomic mass is 9.76. The fourth-order valence-corrected chi connectivity index (χ4v) is 4.79. The summed E-state index contributed by atoms with van der Waals surface area (Å²) in [4.78, 5) is 12.0. The van der Waals surface area contributed by atoms with Gasteiger partial charge in [-0.3, -0.25) is 4.79 Å². The molecule has 1 aliphatic heterocycles. The van der Waals surface area contributed by atoms with E-state index in [1.54, 1.807) is 0 Å². The van der Waals surface area contributed by atoms with Gasteiger partial charge in [-0.15, -0.1) is 0 Å². The Kier molecular flexibility index (Phi) is 2.53. The molecule has 1 saturated heterocycles. The standard InChI is InChI=1S/C12H20O2Si/c1-12-6-4-5-10(7-12)8-15(2,3)9-14-11(12)13/h5H,4,6-9H2,1-3H3/t12-/m1/s1. The smallest absolute Gasteiger partial charge is 0.311 e. The number of esters is 1. The molecule has 84 valence electrons. The molecule has 0 amide bonds. The topological polar surface area (TPSA) is 26.3 Å². The van der Waals surface area contributed by atoms with Crippen LogP contribution in [0.5, 0.6) is 0 Å². The molecule has 0 unspecified atom stereocenters. The number of carbonyl (C=O) groups is 1. The SMILES string of the molecule is C[C@@]12CCC=C(C1)C[Si](C)(C)COC2=O. The first kappa shape index (κ1) is 10.9. The molecule has 0 aromatic rings. The zero-order valence-electron chi connectivity index (χ0n) is 9.93. The predicted molar refractivity (Wildman–Crippen MR) is 63.3 cm³/mol. The van der Waals surface area contributed by atoms with Gasteiger partial charge in [0, 0.05) is 0 Å². The van der Waals surface area contributed by atoms with E-state index in [1.165, 1.54) is 11.6 Å². The summed E-state index contributed by atoms with van der Waals surface area (Å²) in [5, 5.41) is 0. The number of hydrogen-bond acceptors (Lipinski definition) is 2. The quantitative estimate of drug-likeness (QED) is 0.359. The average Bonchev–Trinajstić information content (AvgIpc) is 2.12. The molecule has 2 aliphatic rings. The zero-order chi connectivity index (χ0) is 11.1. The number of cyclic esters (lactones) is 1. The Morgan fingerprint density at radius 1 is 1.47 bits per heavy atom. The summed E-state index contributed by atoms with van der Waals surface area (Å²) in [5.74, 6) is 0.0355. The van der Waals surface area contributed by atoms with Crippen molar-refractivity contribution < 1.29 is 9.53 Å². The Morgan fingerprint density at radius 3 is 2.93 bits per heavy atom. The molecule has 2 bridgehead atoms. The lowest BCUT2D eigenvalue weighted by Crippen LogP contribution is -2.43. The van der Waals surface area contributed by atoms with Gasteiger partial charge >= 0.3 is 5.97 Å². The van der Waals surface area contributed by atoms with Gasteiger partial charge in [0.05, 0.1) is 19.7 Å². The van der Waals surface area contributed by atoms with Crippen molar-refractivity contribution in [3.05, 3.63) is 11.6 Å². The number of carbonyl (C=O) groups excluding carboxylic acids is 1. The second-order valence-corrected chi connectivity index (χ2v) is 11.0. The van der Waals surface area contributed by atoms with Gasteiger partial charge in [-0.2, -0.15) is 0 Å². The molecular weight excluding hydrogens is 204 g/mol. The first-order valence-corrected chi connectivity index (χ1v) is 9.18. The highest BCUT2D eigenvalue weighted by Crippen LogP contribution is 2.41. The summed E-state index contributed by atoms with van der Waals surface area (Å²) in [6, 6.07) is 1.20. The lowest BCUT2D eigenvalue weighted by Gasteiger charge is -2.37. The van der Waals surface area contributed by atoms with Crippen LogP contribution in [0.25, 0.3) is 0 Å². The summed E-state index contributed by atoms with van der Waals surface area (Å²) < 4.78 is 5.48. The van der Waals surface area contributed by atoms with Gasteiger partial charge in [-0.05, 0) is 32.2 Å². The van der Waals surface area contributed by atoms with E-state index in [2.05, 4.69) is 26.1 Å². The number of allylic oxidation sites excluding steroid dienone is 2. The highest BCUT2D eigenvalue weighted by atomic mass is 28.3. The van der Waals surface area contributed by atoms with Crippen molar-refractivity contribution in [1.82, 2.24) is 0 Å². The fourth-order valence-electron chi connectivity index (χ4n) is 2.67. The van der Waals surface area contributed by atoms with Gasteiger partial charge in [-0.1, -0.05) is 24.7 Å². The van der Waals surface area contributed by atoms with Crippen molar-refractivity contribution >= 4 is 14.0 Å². The van der Waals surface area contributed by atoms with Crippen molar-refractivity contribution in [3.8, 4) is 0 Å². The van der Waals surface area contributed by atoms with Gasteiger partial charge < -0.3 is 4.74 Å². The number of ether oxygens (including phenoxy) is 1. The molecule has 0 spiro atoms. The molecule has 1 heterocycles. The Hall–Kier alpha value is -0.573. The van der Waals surface area contributed by atoms with Crippen molar-refractivity contribution in [2.75, 3.05) is 6.23 Å². The van der Waals surface area contributed by atoms with Crippen molar-refractivity contribution in [2.24, 2.45) is 5.41 Å².